The Bertz CT molecular complexity index is 512. The molecule has 0 saturated carbocycles. The molecule has 0 saturated heterocycles. The quantitative estimate of drug-likeness (QED) is 0.869. The van der Waals surface area contributed by atoms with Gasteiger partial charge in [-0.1, -0.05) is 18.2 Å². The average molecular weight is 297 g/mol. The first-order valence-electron chi connectivity index (χ1n) is 5.40. The molecule has 0 fully saturated rings. The van der Waals surface area contributed by atoms with Crippen LogP contribution in [0.2, 0.25) is 0 Å². The van der Waals surface area contributed by atoms with E-state index in [1.165, 1.54) is 24.3 Å². The van der Waals surface area contributed by atoms with Gasteiger partial charge in [-0.05, 0) is 25.5 Å². The molecule has 1 aromatic carbocycles. The molecule has 0 aliphatic heterocycles. The molecule has 0 bridgehead atoms. The molecular weight excluding hydrogens is 283 g/mol. The molecule has 0 amide bonds. The second kappa shape index (κ2) is 5.48. The minimum Gasteiger partial charge on any atom is -0.381 e. The van der Waals surface area contributed by atoms with E-state index in [9.17, 15) is 21.6 Å². The van der Waals surface area contributed by atoms with E-state index < -0.39 is 34.8 Å². The van der Waals surface area contributed by atoms with Crippen LogP contribution in [-0.2, 0) is 10.0 Å². The molecule has 8 heteroatoms. The number of benzene rings is 1. The molecule has 0 aliphatic rings. The molecule has 1 unspecified atom stereocenters. The summed E-state index contributed by atoms with van der Waals surface area (Å²) in [7, 11) is -3.86. The van der Waals surface area contributed by atoms with Gasteiger partial charge in [0.1, 0.15) is 0 Å². The smallest absolute Gasteiger partial charge is 0.381 e. The van der Waals surface area contributed by atoms with E-state index >= 15 is 0 Å². The van der Waals surface area contributed by atoms with Crippen molar-refractivity contribution in [3.05, 3.63) is 30.3 Å². The molecule has 0 heterocycles. The van der Waals surface area contributed by atoms with Crippen molar-refractivity contribution in [1.82, 2.24) is 4.72 Å². The monoisotopic (exact) mass is 297 g/mol. The molecule has 0 aromatic heterocycles. The van der Waals surface area contributed by atoms with E-state index in [-0.39, 0.29) is 4.90 Å². The molecule has 1 atom stereocenters. The van der Waals surface area contributed by atoms with Gasteiger partial charge < -0.3 is 5.11 Å². The number of alkyl halides is 3. The number of hydrogen-bond donors (Lipinski definition) is 2. The molecule has 0 radical (unpaired) electrons. The van der Waals surface area contributed by atoms with Gasteiger partial charge in [-0.2, -0.15) is 13.2 Å². The predicted molar refractivity (Wildman–Crippen MR) is 62.9 cm³/mol. The van der Waals surface area contributed by atoms with Crippen molar-refractivity contribution in [3.63, 3.8) is 0 Å². The van der Waals surface area contributed by atoms with Crippen LogP contribution in [0.25, 0.3) is 0 Å². The number of hydrogen-bond acceptors (Lipinski definition) is 3. The Morgan fingerprint density at radius 1 is 1.21 bits per heavy atom. The van der Waals surface area contributed by atoms with Gasteiger partial charge in [-0.25, -0.2) is 13.1 Å². The number of sulfonamides is 1. The van der Waals surface area contributed by atoms with Crippen molar-refractivity contribution in [2.45, 2.75) is 30.0 Å². The van der Waals surface area contributed by atoms with Crippen molar-refractivity contribution in [2.24, 2.45) is 0 Å². The van der Waals surface area contributed by atoms with E-state index in [2.05, 4.69) is 0 Å². The summed E-state index contributed by atoms with van der Waals surface area (Å²) >= 11 is 0. The third kappa shape index (κ3) is 4.19. The molecule has 2 N–H and O–H groups in total. The van der Waals surface area contributed by atoms with Crippen molar-refractivity contribution in [1.29, 1.82) is 0 Å². The van der Waals surface area contributed by atoms with E-state index in [0.717, 1.165) is 0 Å². The number of halogens is 3. The standard InChI is InChI=1S/C11H14F3NO3S/c1-10(16,11(12,13)14)7-8-15-19(17,18)9-5-3-2-4-6-9/h2-6,15-16H,7-8H2,1H3. The summed E-state index contributed by atoms with van der Waals surface area (Å²) in [5.74, 6) is 0. The highest BCUT2D eigenvalue weighted by Gasteiger charge is 2.49. The van der Waals surface area contributed by atoms with Crippen LogP contribution < -0.4 is 4.72 Å². The van der Waals surface area contributed by atoms with Crippen LogP contribution in [0.15, 0.2) is 35.2 Å². The summed E-state index contributed by atoms with van der Waals surface area (Å²) in [6.45, 7) is 0.0908. The van der Waals surface area contributed by atoms with Crippen LogP contribution >= 0.6 is 0 Å². The lowest BCUT2D eigenvalue weighted by atomic mass is 10.0. The molecule has 1 aromatic rings. The van der Waals surface area contributed by atoms with Crippen LogP contribution in [0.5, 0.6) is 0 Å². The highest BCUT2D eigenvalue weighted by Crippen LogP contribution is 2.32. The zero-order valence-electron chi connectivity index (χ0n) is 10.1. The van der Waals surface area contributed by atoms with Crippen LogP contribution in [0.4, 0.5) is 13.2 Å². The number of aliphatic hydroxyl groups is 1. The first kappa shape index (κ1) is 15.9. The zero-order chi connectivity index (χ0) is 14.7. The zero-order valence-corrected chi connectivity index (χ0v) is 10.9. The van der Waals surface area contributed by atoms with Crippen molar-refractivity contribution < 1.29 is 26.7 Å². The molecule has 108 valence electrons. The molecule has 0 aliphatic carbocycles. The maximum atomic E-state index is 12.3. The van der Waals surface area contributed by atoms with Crippen LogP contribution in [0.1, 0.15) is 13.3 Å². The van der Waals surface area contributed by atoms with Gasteiger partial charge in [0.25, 0.3) is 0 Å². The molecule has 0 spiro atoms. The van der Waals surface area contributed by atoms with Gasteiger partial charge in [-0.15, -0.1) is 0 Å². The summed E-state index contributed by atoms with van der Waals surface area (Å²) in [6, 6.07) is 7.27. The lowest BCUT2D eigenvalue weighted by molar-refractivity contribution is -0.254. The van der Waals surface area contributed by atoms with Gasteiger partial charge >= 0.3 is 6.18 Å². The second-order valence-electron chi connectivity index (χ2n) is 4.23. The average Bonchev–Trinajstić information content (AvgIpc) is 2.28. The molecule has 1 rings (SSSR count). The SMILES string of the molecule is CC(O)(CCNS(=O)(=O)c1ccccc1)C(F)(F)F. The first-order chi connectivity index (χ1) is 8.56. The predicted octanol–water partition coefficient (Wildman–Crippen LogP) is 1.67. The van der Waals surface area contributed by atoms with E-state index in [0.29, 0.717) is 6.92 Å². The number of rotatable bonds is 5. The van der Waals surface area contributed by atoms with Crippen molar-refractivity contribution in [3.8, 4) is 0 Å². The third-order valence-corrected chi connectivity index (χ3v) is 4.05. The Balaban J connectivity index is 2.64. The number of nitrogens with one attached hydrogen (secondary N) is 1. The maximum Gasteiger partial charge on any atom is 0.416 e. The molecule has 4 nitrogen and oxygen atoms in total. The van der Waals surface area contributed by atoms with Crippen LogP contribution in [0, 0.1) is 0 Å². The van der Waals surface area contributed by atoms with Gasteiger partial charge in [0.2, 0.25) is 10.0 Å². The summed E-state index contributed by atoms with van der Waals surface area (Å²) < 4.78 is 62.5. The van der Waals surface area contributed by atoms with Gasteiger partial charge in [-0.3, -0.25) is 0 Å². The lowest BCUT2D eigenvalue weighted by Gasteiger charge is -2.26. The van der Waals surface area contributed by atoms with Crippen LogP contribution in [0.3, 0.4) is 0 Å². The Hall–Kier alpha value is -1.12. The summed E-state index contributed by atoms with van der Waals surface area (Å²) in [5.41, 5.74) is -2.92. The van der Waals surface area contributed by atoms with Gasteiger partial charge in [0, 0.05) is 6.54 Å². The van der Waals surface area contributed by atoms with Crippen LogP contribution in [-0.4, -0.2) is 31.8 Å². The highest BCUT2D eigenvalue weighted by molar-refractivity contribution is 7.89. The Morgan fingerprint density at radius 3 is 2.21 bits per heavy atom. The third-order valence-electron chi connectivity index (χ3n) is 2.57. The largest absolute Gasteiger partial charge is 0.416 e. The maximum absolute atomic E-state index is 12.3. The van der Waals surface area contributed by atoms with E-state index in [1.54, 1.807) is 6.07 Å². The molecular formula is C11H14F3NO3S. The Labute approximate surface area is 109 Å². The van der Waals surface area contributed by atoms with E-state index in [1.807, 2.05) is 4.72 Å². The van der Waals surface area contributed by atoms with E-state index in [4.69, 9.17) is 5.11 Å². The normalized spacial score (nSPS) is 16.1. The Kier molecular flexibility index (Phi) is 4.59. The molecule has 19 heavy (non-hydrogen) atoms. The minimum atomic E-state index is -4.80. The van der Waals surface area contributed by atoms with Crippen molar-refractivity contribution >= 4 is 10.0 Å². The highest BCUT2D eigenvalue weighted by atomic mass is 32.2. The van der Waals surface area contributed by atoms with Gasteiger partial charge in [0.05, 0.1) is 4.90 Å². The fourth-order valence-corrected chi connectivity index (χ4v) is 2.31. The fraction of sp³-hybridized carbons (Fsp3) is 0.455. The lowest BCUT2D eigenvalue weighted by Crippen LogP contribution is -2.44. The fourth-order valence-electron chi connectivity index (χ4n) is 1.25. The first-order valence-corrected chi connectivity index (χ1v) is 6.88. The van der Waals surface area contributed by atoms with Gasteiger partial charge in [0.15, 0.2) is 5.60 Å². The Morgan fingerprint density at radius 2 is 1.74 bits per heavy atom. The summed E-state index contributed by atoms with van der Waals surface area (Å²) in [6.07, 6.45) is -5.56. The summed E-state index contributed by atoms with van der Waals surface area (Å²) in [4.78, 5) is -0.0401. The summed E-state index contributed by atoms with van der Waals surface area (Å²) in [5, 5.41) is 9.16. The second-order valence-corrected chi connectivity index (χ2v) is 6.00. The minimum absolute atomic E-state index is 0.0401. The van der Waals surface area contributed by atoms with Crippen molar-refractivity contribution in [2.75, 3.05) is 6.54 Å². The topological polar surface area (TPSA) is 66.4 Å².